The first-order valence-electron chi connectivity index (χ1n) is 11.6. The molecule has 2 aromatic heterocycles. The van der Waals surface area contributed by atoms with E-state index >= 15 is 0 Å². The highest BCUT2D eigenvalue weighted by Crippen LogP contribution is 2.27. The number of amides is 4. The van der Waals surface area contributed by atoms with Gasteiger partial charge in [0.05, 0.1) is 5.69 Å². The molecule has 1 saturated heterocycles. The van der Waals surface area contributed by atoms with Crippen molar-refractivity contribution in [2.45, 2.75) is 40.5 Å². The third kappa shape index (κ3) is 6.98. The second-order valence-corrected chi connectivity index (χ2v) is 9.87. The summed E-state index contributed by atoms with van der Waals surface area (Å²) in [5.74, 6) is 1.35. The van der Waals surface area contributed by atoms with Crippen molar-refractivity contribution >= 4 is 29.5 Å². The monoisotopic (exact) mass is 482 g/mol. The van der Waals surface area contributed by atoms with Crippen molar-refractivity contribution in [3.05, 3.63) is 36.2 Å². The molecule has 2 aromatic rings. The van der Waals surface area contributed by atoms with Crippen LogP contribution in [-0.2, 0) is 9.59 Å². The van der Waals surface area contributed by atoms with Gasteiger partial charge in [-0.25, -0.2) is 14.8 Å². The molecule has 0 bridgehead atoms. The van der Waals surface area contributed by atoms with Crippen LogP contribution in [-0.4, -0.2) is 64.8 Å². The lowest BCUT2D eigenvalue weighted by atomic mass is 9.95. The number of hydrogen-bond donors (Lipinski definition) is 2. The van der Waals surface area contributed by atoms with Crippen LogP contribution in [0.25, 0.3) is 0 Å². The van der Waals surface area contributed by atoms with Gasteiger partial charge in [-0.2, -0.15) is 0 Å². The van der Waals surface area contributed by atoms with Crippen LogP contribution < -0.4 is 15.4 Å². The number of likely N-dealkylation sites (tertiary alicyclic amines) is 1. The molecular formula is C25H34N6O4. The van der Waals surface area contributed by atoms with Crippen LogP contribution in [0.15, 0.2) is 30.5 Å². The first kappa shape index (κ1) is 26.1. The maximum absolute atomic E-state index is 12.6. The fourth-order valence-electron chi connectivity index (χ4n) is 3.68. The van der Waals surface area contributed by atoms with E-state index in [1.54, 1.807) is 58.2 Å². The number of nitrogens with one attached hydrogen (secondary N) is 2. The zero-order valence-corrected chi connectivity index (χ0v) is 21.2. The van der Waals surface area contributed by atoms with Crippen molar-refractivity contribution in [1.82, 2.24) is 19.8 Å². The molecule has 0 aromatic carbocycles. The van der Waals surface area contributed by atoms with E-state index in [1.807, 2.05) is 0 Å². The number of ether oxygens (including phenoxy) is 1. The third-order valence-corrected chi connectivity index (χ3v) is 5.82. The van der Waals surface area contributed by atoms with Gasteiger partial charge in [-0.15, -0.1) is 0 Å². The van der Waals surface area contributed by atoms with Gasteiger partial charge >= 0.3 is 6.03 Å². The Labute approximate surface area is 206 Å². The van der Waals surface area contributed by atoms with Crippen molar-refractivity contribution in [1.29, 1.82) is 0 Å². The fraction of sp³-hybridized carbons (Fsp3) is 0.480. The molecule has 0 unspecified atom stereocenters. The minimum Gasteiger partial charge on any atom is -0.455 e. The Morgan fingerprint density at radius 2 is 1.77 bits per heavy atom. The van der Waals surface area contributed by atoms with Gasteiger partial charge in [0, 0.05) is 30.6 Å². The second kappa shape index (κ2) is 10.8. The van der Waals surface area contributed by atoms with E-state index in [2.05, 4.69) is 32.5 Å². The smallest absolute Gasteiger partial charge is 0.329 e. The van der Waals surface area contributed by atoms with Crippen molar-refractivity contribution in [2.24, 2.45) is 11.3 Å². The number of urea groups is 1. The minimum absolute atomic E-state index is 0.0236. The lowest BCUT2D eigenvalue weighted by Crippen LogP contribution is -2.43. The Kier molecular flexibility index (Phi) is 8.06. The number of carbonyl (C=O) groups excluding carboxylic acids is 3. The highest BCUT2D eigenvalue weighted by atomic mass is 16.5. The van der Waals surface area contributed by atoms with Crippen LogP contribution in [0.3, 0.4) is 0 Å². The average molecular weight is 483 g/mol. The zero-order valence-electron chi connectivity index (χ0n) is 21.2. The molecule has 2 N–H and O–H groups in total. The Balaban J connectivity index is 1.62. The van der Waals surface area contributed by atoms with Gasteiger partial charge in [0.1, 0.15) is 23.1 Å². The van der Waals surface area contributed by atoms with Gasteiger partial charge in [0.2, 0.25) is 11.8 Å². The molecule has 1 fully saturated rings. The number of pyridine rings is 2. The van der Waals surface area contributed by atoms with E-state index in [-0.39, 0.29) is 17.7 Å². The summed E-state index contributed by atoms with van der Waals surface area (Å²) in [4.78, 5) is 49.2. The average Bonchev–Trinajstić information content (AvgIpc) is 2.80. The molecule has 35 heavy (non-hydrogen) atoms. The van der Waals surface area contributed by atoms with Crippen LogP contribution in [0.4, 0.5) is 16.4 Å². The first-order valence-corrected chi connectivity index (χ1v) is 11.6. The molecule has 10 nitrogen and oxygen atoms in total. The molecule has 4 amide bonds. The first-order chi connectivity index (χ1) is 16.4. The van der Waals surface area contributed by atoms with Gasteiger partial charge in [-0.05, 0) is 58.1 Å². The van der Waals surface area contributed by atoms with E-state index in [0.29, 0.717) is 28.8 Å². The zero-order chi connectivity index (χ0) is 25.8. The lowest BCUT2D eigenvalue weighted by molar-refractivity contribution is -0.135. The summed E-state index contributed by atoms with van der Waals surface area (Å²) in [7, 11) is 3.49. The van der Waals surface area contributed by atoms with Gasteiger partial charge in [-0.3, -0.25) is 19.8 Å². The number of aryl methyl sites for hydroxylation is 1. The quantitative estimate of drug-likeness (QED) is 0.664. The summed E-state index contributed by atoms with van der Waals surface area (Å²) in [6.07, 6.45) is 3.22. The van der Waals surface area contributed by atoms with E-state index in [0.717, 1.165) is 30.8 Å². The van der Waals surface area contributed by atoms with Crippen LogP contribution in [0.2, 0.25) is 0 Å². The van der Waals surface area contributed by atoms with Gasteiger partial charge in [0.25, 0.3) is 0 Å². The van der Waals surface area contributed by atoms with E-state index in [4.69, 9.17) is 4.74 Å². The van der Waals surface area contributed by atoms with E-state index in [9.17, 15) is 14.4 Å². The molecule has 0 spiro atoms. The molecule has 3 rings (SSSR count). The van der Waals surface area contributed by atoms with Gasteiger partial charge < -0.3 is 15.0 Å². The normalized spacial score (nSPS) is 14.8. The Hall–Kier alpha value is -3.53. The van der Waals surface area contributed by atoms with Crippen molar-refractivity contribution < 1.29 is 19.1 Å². The van der Waals surface area contributed by atoms with Crippen molar-refractivity contribution in [3.63, 3.8) is 0 Å². The summed E-state index contributed by atoms with van der Waals surface area (Å²) < 4.78 is 5.94. The highest BCUT2D eigenvalue weighted by Gasteiger charge is 2.29. The summed E-state index contributed by atoms with van der Waals surface area (Å²) in [5.41, 5.74) is -0.135. The number of imide groups is 1. The van der Waals surface area contributed by atoms with Crippen LogP contribution in [0, 0.1) is 18.3 Å². The maximum atomic E-state index is 12.6. The number of aromatic nitrogens is 2. The third-order valence-electron chi connectivity index (χ3n) is 5.82. The summed E-state index contributed by atoms with van der Waals surface area (Å²) in [5, 5.41) is 5.51. The number of nitrogens with zero attached hydrogens (tertiary/aromatic N) is 4. The van der Waals surface area contributed by atoms with Crippen LogP contribution in [0.1, 0.15) is 39.3 Å². The van der Waals surface area contributed by atoms with E-state index in [1.165, 1.54) is 7.05 Å². The summed E-state index contributed by atoms with van der Waals surface area (Å²) in [6, 6.07) is 6.06. The molecule has 0 radical (unpaired) electrons. The topological polar surface area (TPSA) is 117 Å². The number of piperidine rings is 1. The summed E-state index contributed by atoms with van der Waals surface area (Å²) >= 11 is 0. The molecule has 188 valence electrons. The molecule has 1 aliphatic rings. The Morgan fingerprint density at radius 3 is 2.40 bits per heavy atom. The van der Waals surface area contributed by atoms with Crippen molar-refractivity contribution in [3.8, 4) is 11.5 Å². The molecule has 0 atom stereocenters. The maximum Gasteiger partial charge on any atom is 0.329 e. The molecule has 1 aliphatic heterocycles. The second-order valence-electron chi connectivity index (χ2n) is 9.87. The predicted octanol–water partition coefficient (Wildman–Crippen LogP) is 3.89. The van der Waals surface area contributed by atoms with Gasteiger partial charge in [-0.1, -0.05) is 20.8 Å². The lowest BCUT2D eigenvalue weighted by Gasteiger charge is -2.27. The van der Waals surface area contributed by atoms with E-state index < -0.39 is 11.4 Å². The number of rotatable bonds is 5. The van der Waals surface area contributed by atoms with Crippen LogP contribution in [0.5, 0.6) is 11.5 Å². The van der Waals surface area contributed by atoms with Crippen molar-refractivity contribution in [2.75, 3.05) is 37.8 Å². The molecule has 3 heterocycles. The highest BCUT2D eigenvalue weighted by molar-refractivity contribution is 6.02. The minimum atomic E-state index is -0.677. The standard InChI is InChI=1S/C25H34N6O4/c1-16-19(7-8-20(27-16)29-24(34)31(6)23(33)25(2,3)4)35-18-9-12-26-21(15-18)28-22(32)17-10-13-30(5)14-11-17/h7-9,12,15,17H,10-11,13-14H2,1-6H3,(H,26,28,32)(H,27,29,34). The summed E-state index contributed by atoms with van der Waals surface area (Å²) in [6.45, 7) is 8.80. The largest absolute Gasteiger partial charge is 0.455 e. The molecular weight excluding hydrogens is 448 g/mol. The SMILES string of the molecule is Cc1nc(NC(=O)N(C)C(=O)C(C)(C)C)ccc1Oc1ccnc(NC(=O)C2CCN(C)CC2)c1. The van der Waals surface area contributed by atoms with Gasteiger partial charge in [0.15, 0.2) is 0 Å². The fourth-order valence-corrected chi connectivity index (χ4v) is 3.68. The molecule has 0 aliphatic carbocycles. The number of anilines is 2. The molecule has 0 saturated carbocycles. The molecule has 10 heteroatoms. The predicted molar refractivity (Wildman–Crippen MR) is 133 cm³/mol. The number of hydrogen-bond acceptors (Lipinski definition) is 7. The Bertz CT molecular complexity index is 1090. The Morgan fingerprint density at radius 1 is 1.09 bits per heavy atom. The van der Waals surface area contributed by atoms with Crippen LogP contribution >= 0.6 is 0 Å². The number of carbonyl (C=O) groups is 3.